The van der Waals surface area contributed by atoms with Gasteiger partial charge in [0.15, 0.2) is 5.69 Å². The molecule has 1 amide bonds. The number of halogens is 4. The molecule has 1 saturated carbocycles. The zero-order chi connectivity index (χ0) is 21.5. The third-order valence-corrected chi connectivity index (χ3v) is 5.83. The molecular formula is C19H20ClF3N6O. The molecule has 0 aromatic carbocycles. The summed E-state index contributed by atoms with van der Waals surface area (Å²) in [6, 6.07) is 5.19. The number of pyridine rings is 1. The molecule has 3 aromatic heterocycles. The van der Waals surface area contributed by atoms with E-state index in [1.54, 1.807) is 18.2 Å². The van der Waals surface area contributed by atoms with Crippen LogP contribution in [0.1, 0.15) is 41.7 Å². The van der Waals surface area contributed by atoms with Crippen LogP contribution in [0.2, 0.25) is 5.15 Å². The third-order valence-electron chi connectivity index (χ3n) is 5.54. The number of fused-ring (bicyclic) bond motifs is 1. The van der Waals surface area contributed by atoms with Gasteiger partial charge in [-0.25, -0.2) is 4.98 Å². The van der Waals surface area contributed by atoms with E-state index in [0.29, 0.717) is 11.4 Å². The summed E-state index contributed by atoms with van der Waals surface area (Å²) >= 11 is 5.90. The highest BCUT2D eigenvalue weighted by molar-refractivity contribution is 6.32. The number of H-pyrrole nitrogens is 1. The van der Waals surface area contributed by atoms with Crippen LogP contribution < -0.4 is 10.2 Å². The second kappa shape index (κ2) is 7.82. The van der Waals surface area contributed by atoms with E-state index < -0.39 is 11.9 Å². The number of alkyl halides is 3. The number of aromatic nitrogens is 4. The van der Waals surface area contributed by atoms with E-state index in [0.717, 1.165) is 31.9 Å². The number of nitrogens with one attached hydrogen (secondary N) is 2. The van der Waals surface area contributed by atoms with Gasteiger partial charge in [-0.2, -0.15) is 18.3 Å². The summed E-state index contributed by atoms with van der Waals surface area (Å²) in [7, 11) is 1.87. The first-order valence-corrected chi connectivity index (χ1v) is 9.89. The van der Waals surface area contributed by atoms with Crippen molar-refractivity contribution in [3.05, 3.63) is 47.0 Å². The normalized spacial score (nSPS) is 19.8. The molecular weight excluding hydrogens is 421 g/mol. The second-order valence-electron chi connectivity index (χ2n) is 7.42. The van der Waals surface area contributed by atoms with Crippen molar-refractivity contribution in [1.29, 1.82) is 0 Å². The quantitative estimate of drug-likeness (QED) is 0.645. The Balaban J connectivity index is 1.43. The highest BCUT2D eigenvalue weighted by atomic mass is 35.5. The van der Waals surface area contributed by atoms with Crippen LogP contribution in [0.3, 0.4) is 0 Å². The zero-order valence-electron chi connectivity index (χ0n) is 16.1. The number of rotatable bonds is 4. The molecule has 7 nitrogen and oxygen atoms in total. The van der Waals surface area contributed by atoms with Crippen LogP contribution in [0.4, 0.5) is 19.0 Å². The molecule has 3 aromatic rings. The second-order valence-corrected chi connectivity index (χ2v) is 7.80. The minimum absolute atomic E-state index is 0.00832. The molecule has 0 saturated heterocycles. The summed E-state index contributed by atoms with van der Waals surface area (Å²) < 4.78 is 40.6. The van der Waals surface area contributed by atoms with Crippen molar-refractivity contribution in [2.45, 2.75) is 43.9 Å². The van der Waals surface area contributed by atoms with E-state index in [2.05, 4.69) is 20.5 Å². The largest absolute Gasteiger partial charge is 0.434 e. The number of carbonyl (C=O) groups is 1. The Kier molecular flexibility index (Phi) is 5.35. The lowest BCUT2D eigenvalue weighted by atomic mass is 9.90. The van der Waals surface area contributed by atoms with Gasteiger partial charge >= 0.3 is 6.18 Å². The molecule has 0 bridgehead atoms. The third kappa shape index (κ3) is 3.96. The van der Waals surface area contributed by atoms with Crippen LogP contribution >= 0.6 is 11.6 Å². The van der Waals surface area contributed by atoms with Gasteiger partial charge in [-0.1, -0.05) is 17.7 Å². The van der Waals surface area contributed by atoms with Gasteiger partial charge in [-0.15, -0.1) is 0 Å². The zero-order valence-corrected chi connectivity index (χ0v) is 16.8. The molecule has 160 valence electrons. The first-order chi connectivity index (χ1) is 14.2. The van der Waals surface area contributed by atoms with Gasteiger partial charge in [0.25, 0.3) is 5.91 Å². The van der Waals surface area contributed by atoms with Crippen LogP contribution in [0, 0.1) is 0 Å². The van der Waals surface area contributed by atoms with Gasteiger partial charge in [0.1, 0.15) is 16.6 Å². The highest BCUT2D eigenvalue weighted by Gasteiger charge is 2.34. The highest BCUT2D eigenvalue weighted by Crippen LogP contribution is 2.31. The summed E-state index contributed by atoms with van der Waals surface area (Å²) in [5.41, 5.74) is -0.347. The summed E-state index contributed by atoms with van der Waals surface area (Å²) in [6.45, 7) is 0. The van der Waals surface area contributed by atoms with Crippen molar-refractivity contribution >= 4 is 29.0 Å². The molecule has 0 atom stereocenters. The number of imidazole rings is 1. The monoisotopic (exact) mass is 440 g/mol. The van der Waals surface area contributed by atoms with E-state index in [-0.39, 0.29) is 28.8 Å². The van der Waals surface area contributed by atoms with Crippen LogP contribution in [0.15, 0.2) is 30.6 Å². The van der Waals surface area contributed by atoms with Gasteiger partial charge < -0.3 is 10.2 Å². The van der Waals surface area contributed by atoms with Gasteiger partial charge in [0, 0.05) is 25.3 Å². The Morgan fingerprint density at radius 2 is 2.03 bits per heavy atom. The number of aromatic amines is 1. The molecule has 1 aliphatic carbocycles. The number of carbonyl (C=O) groups excluding carboxylic acids is 1. The molecule has 0 spiro atoms. The molecule has 2 N–H and O–H groups in total. The fourth-order valence-corrected chi connectivity index (χ4v) is 4.09. The summed E-state index contributed by atoms with van der Waals surface area (Å²) in [5, 5.41) is 9.44. The molecule has 0 unspecified atom stereocenters. The molecule has 0 aliphatic heterocycles. The average molecular weight is 441 g/mol. The van der Waals surface area contributed by atoms with Crippen LogP contribution in [-0.2, 0) is 6.18 Å². The smallest absolute Gasteiger partial charge is 0.358 e. The first-order valence-electron chi connectivity index (χ1n) is 9.52. The van der Waals surface area contributed by atoms with Crippen molar-refractivity contribution in [3.63, 3.8) is 0 Å². The van der Waals surface area contributed by atoms with Crippen molar-refractivity contribution in [1.82, 2.24) is 24.9 Å². The van der Waals surface area contributed by atoms with E-state index in [9.17, 15) is 18.0 Å². The lowest BCUT2D eigenvalue weighted by Gasteiger charge is -2.36. The number of anilines is 1. The molecule has 11 heteroatoms. The maximum absolute atomic E-state index is 13.0. The van der Waals surface area contributed by atoms with E-state index in [1.165, 1.54) is 10.6 Å². The van der Waals surface area contributed by atoms with Crippen LogP contribution in [-0.4, -0.2) is 44.6 Å². The van der Waals surface area contributed by atoms with Crippen molar-refractivity contribution in [2.24, 2.45) is 0 Å². The molecule has 0 radical (unpaired) electrons. The van der Waals surface area contributed by atoms with E-state index in [1.807, 2.05) is 11.9 Å². The average Bonchev–Trinajstić information content (AvgIpc) is 3.33. The Morgan fingerprint density at radius 1 is 1.30 bits per heavy atom. The number of hydrogen-bond acceptors (Lipinski definition) is 4. The van der Waals surface area contributed by atoms with Crippen molar-refractivity contribution in [2.75, 3.05) is 11.9 Å². The minimum atomic E-state index is -4.49. The van der Waals surface area contributed by atoms with Gasteiger partial charge in [-0.05, 0) is 37.8 Å². The predicted octanol–water partition coefficient (Wildman–Crippen LogP) is 3.91. The fraction of sp³-hybridized carbons (Fsp3) is 0.421. The van der Waals surface area contributed by atoms with Crippen molar-refractivity contribution in [3.8, 4) is 0 Å². The molecule has 1 fully saturated rings. The molecule has 4 rings (SSSR count). The number of nitrogens with zero attached hydrogens (tertiary/aromatic N) is 4. The van der Waals surface area contributed by atoms with E-state index >= 15 is 0 Å². The van der Waals surface area contributed by atoms with E-state index in [4.69, 9.17) is 11.6 Å². The standard InChI is InChI=1S/C19H20ClF3N6O/c1-28(16-4-2-3-15-26-14(10-29(15)16)19(21,22)23)12-7-5-11(6-8-12)25-18(30)13-9-24-27-17(13)20/h2-4,9-12H,5-8H2,1H3,(H,24,27)(H,25,30). The Bertz CT molecular complexity index is 1050. The maximum atomic E-state index is 13.0. The Labute approximate surface area is 175 Å². The lowest BCUT2D eigenvalue weighted by Crippen LogP contribution is -2.43. The SMILES string of the molecule is CN(c1cccc2nc(C(F)(F)F)cn12)C1CCC(NC(=O)c2cn[nH]c2Cl)CC1. The number of amides is 1. The lowest BCUT2D eigenvalue weighted by molar-refractivity contribution is -0.140. The minimum Gasteiger partial charge on any atom is -0.358 e. The topological polar surface area (TPSA) is 78.3 Å². The van der Waals surface area contributed by atoms with Gasteiger partial charge in [0.2, 0.25) is 0 Å². The maximum Gasteiger partial charge on any atom is 0.434 e. The number of hydrogen-bond donors (Lipinski definition) is 2. The Morgan fingerprint density at radius 3 is 2.67 bits per heavy atom. The summed E-state index contributed by atoms with van der Waals surface area (Å²) in [6.07, 6.45) is 1.01. The van der Waals surface area contributed by atoms with Gasteiger partial charge in [0.05, 0.1) is 11.8 Å². The van der Waals surface area contributed by atoms with Crippen molar-refractivity contribution < 1.29 is 18.0 Å². The molecule has 3 heterocycles. The summed E-state index contributed by atoms with van der Waals surface area (Å²) in [4.78, 5) is 18.0. The van der Waals surface area contributed by atoms with Crippen LogP contribution in [0.25, 0.3) is 5.65 Å². The fourth-order valence-electron chi connectivity index (χ4n) is 3.91. The first kappa shape index (κ1) is 20.5. The summed E-state index contributed by atoms with van der Waals surface area (Å²) in [5.74, 6) is 0.376. The van der Waals surface area contributed by atoms with Gasteiger partial charge in [-0.3, -0.25) is 14.3 Å². The molecule has 30 heavy (non-hydrogen) atoms. The molecule has 1 aliphatic rings. The Hall–Kier alpha value is -2.75. The van der Waals surface area contributed by atoms with Crippen LogP contribution in [0.5, 0.6) is 0 Å². The predicted molar refractivity (Wildman–Crippen MR) is 106 cm³/mol.